The van der Waals surface area contributed by atoms with Gasteiger partial charge in [-0.25, -0.2) is 4.39 Å². The zero-order chi connectivity index (χ0) is 24.1. The Kier molecular flexibility index (Phi) is 7.49. The second-order valence-electron chi connectivity index (χ2n) is 7.52. The number of halogens is 2. The highest BCUT2D eigenvalue weighted by atomic mass is 35.5. The number of aryl methyl sites for hydroxylation is 1. The van der Waals surface area contributed by atoms with Crippen LogP contribution in [0, 0.1) is 12.7 Å². The van der Waals surface area contributed by atoms with Crippen molar-refractivity contribution in [1.82, 2.24) is 14.8 Å². The van der Waals surface area contributed by atoms with Crippen molar-refractivity contribution in [3.05, 3.63) is 95.0 Å². The summed E-state index contributed by atoms with van der Waals surface area (Å²) in [6, 6.07) is 20.7. The molecule has 4 rings (SSSR count). The molecular weight excluding hydrogens is 475 g/mol. The third-order valence-electron chi connectivity index (χ3n) is 4.96. The SMILES string of the molecule is Cc1cc(Cl)ccc1NC(=O)CSc1nnc(C(C)Oc2ccc(F)cc2)n1-c1ccccc1. The highest BCUT2D eigenvalue weighted by Gasteiger charge is 2.22. The van der Waals surface area contributed by atoms with Crippen LogP contribution in [0.2, 0.25) is 5.02 Å². The van der Waals surface area contributed by atoms with Gasteiger partial charge in [-0.15, -0.1) is 10.2 Å². The van der Waals surface area contributed by atoms with Gasteiger partial charge >= 0.3 is 0 Å². The van der Waals surface area contributed by atoms with Crippen molar-refractivity contribution in [2.45, 2.75) is 25.1 Å². The Hall–Kier alpha value is -3.36. The van der Waals surface area contributed by atoms with Gasteiger partial charge in [0, 0.05) is 16.4 Å². The Morgan fingerprint density at radius 1 is 1.12 bits per heavy atom. The summed E-state index contributed by atoms with van der Waals surface area (Å²) in [4.78, 5) is 12.6. The zero-order valence-corrected chi connectivity index (χ0v) is 20.1. The number of para-hydroxylation sites is 1. The van der Waals surface area contributed by atoms with Crippen molar-refractivity contribution in [3.8, 4) is 11.4 Å². The summed E-state index contributed by atoms with van der Waals surface area (Å²) in [6.45, 7) is 3.73. The number of hydrogen-bond acceptors (Lipinski definition) is 5. The van der Waals surface area contributed by atoms with Gasteiger partial charge in [0.1, 0.15) is 11.6 Å². The molecule has 0 radical (unpaired) electrons. The van der Waals surface area contributed by atoms with Gasteiger partial charge in [0.05, 0.1) is 5.75 Å². The van der Waals surface area contributed by atoms with Gasteiger partial charge in [-0.05, 0) is 74.0 Å². The fraction of sp³-hybridized carbons (Fsp3) is 0.160. The number of ether oxygens (including phenoxy) is 1. The van der Waals surface area contributed by atoms with Gasteiger partial charge in [0.25, 0.3) is 0 Å². The Balaban J connectivity index is 1.53. The van der Waals surface area contributed by atoms with E-state index in [0.717, 1.165) is 11.3 Å². The second-order valence-corrected chi connectivity index (χ2v) is 8.90. The minimum atomic E-state index is -0.474. The third kappa shape index (κ3) is 5.76. The van der Waals surface area contributed by atoms with Crippen LogP contribution < -0.4 is 10.1 Å². The van der Waals surface area contributed by atoms with Gasteiger partial charge in [0.15, 0.2) is 17.1 Å². The van der Waals surface area contributed by atoms with Gasteiger partial charge < -0.3 is 10.1 Å². The summed E-state index contributed by atoms with van der Waals surface area (Å²) in [5.74, 6) is 0.712. The molecule has 174 valence electrons. The average Bonchev–Trinajstić information content (AvgIpc) is 3.26. The van der Waals surface area contributed by atoms with E-state index in [1.54, 1.807) is 30.3 Å². The molecule has 34 heavy (non-hydrogen) atoms. The Labute approximate surface area is 206 Å². The van der Waals surface area contributed by atoms with Gasteiger partial charge in [0.2, 0.25) is 5.91 Å². The molecule has 0 saturated heterocycles. The topological polar surface area (TPSA) is 69.0 Å². The molecule has 6 nitrogen and oxygen atoms in total. The predicted molar refractivity (Wildman–Crippen MR) is 132 cm³/mol. The molecule has 1 N–H and O–H groups in total. The molecule has 0 aliphatic rings. The van der Waals surface area contributed by atoms with E-state index in [4.69, 9.17) is 16.3 Å². The molecule has 0 spiro atoms. The van der Waals surface area contributed by atoms with Crippen molar-refractivity contribution in [1.29, 1.82) is 0 Å². The van der Waals surface area contributed by atoms with Crippen LogP contribution >= 0.6 is 23.4 Å². The lowest BCUT2D eigenvalue weighted by Crippen LogP contribution is -2.16. The van der Waals surface area contributed by atoms with E-state index in [1.165, 1.54) is 23.9 Å². The largest absolute Gasteiger partial charge is 0.483 e. The third-order valence-corrected chi connectivity index (χ3v) is 6.12. The van der Waals surface area contributed by atoms with E-state index in [2.05, 4.69) is 15.5 Å². The molecule has 1 aromatic heterocycles. The summed E-state index contributed by atoms with van der Waals surface area (Å²) in [6.07, 6.45) is -0.474. The number of benzene rings is 3. The summed E-state index contributed by atoms with van der Waals surface area (Å²) in [7, 11) is 0. The molecule has 0 aliphatic heterocycles. The van der Waals surface area contributed by atoms with E-state index < -0.39 is 6.10 Å². The molecule has 0 bridgehead atoms. The number of rotatable bonds is 8. The molecule has 1 amide bonds. The highest BCUT2D eigenvalue weighted by molar-refractivity contribution is 7.99. The number of carbonyl (C=O) groups is 1. The van der Waals surface area contributed by atoms with Crippen molar-refractivity contribution >= 4 is 35.0 Å². The number of carbonyl (C=O) groups excluding carboxylic acids is 1. The minimum Gasteiger partial charge on any atom is -0.483 e. The van der Waals surface area contributed by atoms with Crippen molar-refractivity contribution in [2.24, 2.45) is 0 Å². The first-order valence-corrected chi connectivity index (χ1v) is 11.9. The molecule has 0 fully saturated rings. The molecule has 0 aliphatic carbocycles. The molecule has 9 heteroatoms. The second kappa shape index (κ2) is 10.7. The fourth-order valence-corrected chi connectivity index (χ4v) is 4.30. The van der Waals surface area contributed by atoms with Crippen LogP contribution in [-0.2, 0) is 4.79 Å². The normalized spacial score (nSPS) is 11.8. The molecular formula is C25H22ClFN4O2S. The Morgan fingerprint density at radius 3 is 2.56 bits per heavy atom. The first-order valence-electron chi connectivity index (χ1n) is 10.5. The van der Waals surface area contributed by atoms with Crippen LogP contribution in [0.25, 0.3) is 5.69 Å². The number of nitrogens with one attached hydrogen (secondary N) is 1. The van der Waals surface area contributed by atoms with Gasteiger partial charge in [-0.3, -0.25) is 9.36 Å². The van der Waals surface area contributed by atoms with Crippen LogP contribution in [0.1, 0.15) is 24.4 Å². The lowest BCUT2D eigenvalue weighted by Gasteiger charge is -2.16. The molecule has 1 unspecified atom stereocenters. The van der Waals surface area contributed by atoms with E-state index in [9.17, 15) is 9.18 Å². The van der Waals surface area contributed by atoms with Crippen molar-refractivity contribution in [3.63, 3.8) is 0 Å². The summed E-state index contributed by atoms with van der Waals surface area (Å²) < 4.78 is 21.1. The Morgan fingerprint density at radius 2 is 1.85 bits per heavy atom. The van der Waals surface area contributed by atoms with E-state index in [-0.39, 0.29) is 17.5 Å². The van der Waals surface area contributed by atoms with Crippen LogP contribution in [0.3, 0.4) is 0 Å². The van der Waals surface area contributed by atoms with Gasteiger partial charge in [-0.1, -0.05) is 41.6 Å². The lowest BCUT2D eigenvalue weighted by atomic mass is 10.2. The molecule has 1 heterocycles. The smallest absolute Gasteiger partial charge is 0.234 e. The molecule has 1 atom stereocenters. The lowest BCUT2D eigenvalue weighted by molar-refractivity contribution is -0.113. The van der Waals surface area contributed by atoms with E-state index in [0.29, 0.717) is 27.4 Å². The van der Waals surface area contributed by atoms with E-state index in [1.807, 2.05) is 48.7 Å². The number of thioether (sulfide) groups is 1. The first kappa shape index (κ1) is 23.8. The number of nitrogens with zero attached hydrogens (tertiary/aromatic N) is 3. The molecule has 4 aromatic rings. The number of hydrogen-bond donors (Lipinski definition) is 1. The molecule has 3 aromatic carbocycles. The number of aromatic nitrogens is 3. The fourth-order valence-electron chi connectivity index (χ4n) is 3.31. The van der Waals surface area contributed by atoms with Crippen LogP contribution in [-0.4, -0.2) is 26.4 Å². The van der Waals surface area contributed by atoms with Crippen molar-refractivity contribution in [2.75, 3.05) is 11.1 Å². The quantitative estimate of drug-likeness (QED) is 0.292. The average molecular weight is 497 g/mol. The standard InChI is InChI=1S/C25H22ClFN4O2S/c1-16-14-18(26)8-13-22(16)28-23(32)15-34-25-30-29-24(31(25)20-6-4-3-5-7-20)17(2)33-21-11-9-19(27)10-12-21/h3-14,17H,15H2,1-2H3,(H,28,32). The zero-order valence-electron chi connectivity index (χ0n) is 18.5. The summed E-state index contributed by atoms with van der Waals surface area (Å²) in [5, 5.41) is 12.7. The van der Waals surface area contributed by atoms with Gasteiger partial charge in [-0.2, -0.15) is 0 Å². The maximum Gasteiger partial charge on any atom is 0.234 e. The van der Waals surface area contributed by atoms with Crippen LogP contribution in [0.4, 0.5) is 10.1 Å². The summed E-state index contributed by atoms with van der Waals surface area (Å²) >= 11 is 7.27. The van der Waals surface area contributed by atoms with Crippen molar-refractivity contribution < 1.29 is 13.9 Å². The van der Waals surface area contributed by atoms with Crippen LogP contribution in [0.5, 0.6) is 5.75 Å². The van der Waals surface area contributed by atoms with Crippen LogP contribution in [0.15, 0.2) is 78.0 Å². The minimum absolute atomic E-state index is 0.139. The first-order chi connectivity index (χ1) is 16.4. The predicted octanol–water partition coefficient (Wildman–Crippen LogP) is 6.24. The number of amides is 1. The number of anilines is 1. The monoisotopic (exact) mass is 496 g/mol. The summed E-state index contributed by atoms with van der Waals surface area (Å²) in [5.41, 5.74) is 2.43. The molecule has 0 saturated carbocycles. The maximum atomic E-state index is 13.2. The highest BCUT2D eigenvalue weighted by Crippen LogP contribution is 2.28. The van der Waals surface area contributed by atoms with E-state index >= 15 is 0 Å². The maximum absolute atomic E-state index is 13.2. The Bertz CT molecular complexity index is 1280.